The molecule has 0 radical (unpaired) electrons. The number of hydrogen-bond donors (Lipinski definition) is 3. The van der Waals surface area contributed by atoms with Crippen LogP contribution in [0.4, 0.5) is 4.79 Å². The minimum absolute atomic E-state index is 0.0902. The van der Waals surface area contributed by atoms with Gasteiger partial charge in [-0.15, -0.1) is 0 Å². The second kappa shape index (κ2) is 7.37. The van der Waals surface area contributed by atoms with Crippen molar-refractivity contribution in [3.8, 4) is 17.2 Å². The van der Waals surface area contributed by atoms with Gasteiger partial charge in [-0.25, -0.2) is 4.79 Å². The minimum atomic E-state index is -0.223. The average molecular weight is 335 g/mol. The largest absolute Gasteiger partial charge is 0.396 e. The molecule has 0 spiro atoms. The van der Waals surface area contributed by atoms with Gasteiger partial charge in [0, 0.05) is 18.5 Å². The molecule has 0 bridgehead atoms. The van der Waals surface area contributed by atoms with Gasteiger partial charge < -0.3 is 15.7 Å². The van der Waals surface area contributed by atoms with Gasteiger partial charge in [0.25, 0.3) is 0 Å². The summed E-state index contributed by atoms with van der Waals surface area (Å²) in [6, 6.07) is 17.3. The fraction of sp³-hybridized carbons (Fsp3) is 0.300. The van der Waals surface area contributed by atoms with Crippen LogP contribution in [0.15, 0.2) is 48.5 Å². The fourth-order valence-corrected chi connectivity index (χ4v) is 2.71. The first-order valence-corrected chi connectivity index (χ1v) is 8.37. The molecule has 3 rings (SSSR count). The van der Waals surface area contributed by atoms with E-state index >= 15 is 0 Å². The molecule has 5 nitrogen and oxygen atoms in total. The van der Waals surface area contributed by atoms with Crippen molar-refractivity contribution >= 4 is 6.03 Å². The third-order valence-corrected chi connectivity index (χ3v) is 4.68. The van der Waals surface area contributed by atoms with Gasteiger partial charge in [0.1, 0.15) is 0 Å². The lowest BCUT2D eigenvalue weighted by atomic mass is 9.99. The number of benzene rings is 2. The number of nitrogens with one attached hydrogen (secondary N) is 2. The number of carbonyl (C=O) groups excluding carboxylic acids is 1. The smallest absolute Gasteiger partial charge is 0.315 e. The number of aliphatic hydroxyl groups is 1. The Morgan fingerprint density at radius 1 is 1.12 bits per heavy atom. The number of amides is 2. The maximum absolute atomic E-state index is 11.8. The second-order valence-electron chi connectivity index (χ2n) is 6.55. The predicted octanol–water partition coefficient (Wildman–Crippen LogP) is 2.80. The lowest BCUT2D eigenvalue weighted by Crippen LogP contribution is -2.39. The first kappa shape index (κ1) is 17.0. The normalized spacial score (nSPS) is 14.4. The monoisotopic (exact) mass is 335 g/mol. The fourth-order valence-electron chi connectivity index (χ4n) is 2.71. The van der Waals surface area contributed by atoms with Crippen molar-refractivity contribution in [2.24, 2.45) is 5.41 Å². The van der Waals surface area contributed by atoms with Crippen molar-refractivity contribution in [3.63, 3.8) is 0 Å². The van der Waals surface area contributed by atoms with Crippen LogP contribution in [0.5, 0.6) is 0 Å². The van der Waals surface area contributed by atoms with Gasteiger partial charge in [-0.3, -0.25) is 0 Å². The number of aliphatic hydroxyl groups excluding tert-OH is 1. The zero-order valence-electron chi connectivity index (χ0n) is 14.0. The standard InChI is InChI=1S/C20H21N3O2/c21-11-17-3-1-2-4-18(17)16-7-5-15(6-8-16)12-22-19(25)23-13-20(14-24)9-10-20/h1-8,24H,9-10,12-14H2,(H2,22,23,25). The Morgan fingerprint density at radius 2 is 1.84 bits per heavy atom. The molecule has 0 unspecified atom stereocenters. The van der Waals surface area contributed by atoms with Crippen molar-refractivity contribution in [3.05, 3.63) is 59.7 Å². The average Bonchev–Trinajstić information content (AvgIpc) is 3.46. The van der Waals surface area contributed by atoms with Crippen molar-refractivity contribution in [2.45, 2.75) is 19.4 Å². The molecule has 1 fully saturated rings. The summed E-state index contributed by atoms with van der Waals surface area (Å²) in [5.74, 6) is 0. The van der Waals surface area contributed by atoms with E-state index in [1.165, 1.54) is 0 Å². The summed E-state index contributed by atoms with van der Waals surface area (Å²) in [5.41, 5.74) is 3.42. The van der Waals surface area contributed by atoms with Crippen LogP contribution in [-0.2, 0) is 6.54 Å². The van der Waals surface area contributed by atoms with E-state index in [9.17, 15) is 15.2 Å². The lowest BCUT2D eigenvalue weighted by Gasteiger charge is -2.13. The van der Waals surface area contributed by atoms with Crippen LogP contribution in [0.3, 0.4) is 0 Å². The highest BCUT2D eigenvalue weighted by atomic mass is 16.3. The maximum atomic E-state index is 11.8. The van der Waals surface area contributed by atoms with Crippen LogP contribution >= 0.6 is 0 Å². The Balaban J connectivity index is 1.54. The van der Waals surface area contributed by atoms with E-state index < -0.39 is 0 Å². The molecule has 2 aromatic carbocycles. The summed E-state index contributed by atoms with van der Waals surface area (Å²) >= 11 is 0. The molecule has 2 aromatic rings. The van der Waals surface area contributed by atoms with Gasteiger partial charge in [-0.1, -0.05) is 42.5 Å². The number of nitriles is 1. The third kappa shape index (κ3) is 4.17. The van der Waals surface area contributed by atoms with E-state index in [1.54, 1.807) is 6.07 Å². The highest BCUT2D eigenvalue weighted by molar-refractivity contribution is 5.74. The van der Waals surface area contributed by atoms with Crippen molar-refractivity contribution in [1.82, 2.24) is 10.6 Å². The second-order valence-corrected chi connectivity index (χ2v) is 6.55. The molecular weight excluding hydrogens is 314 g/mol. The van der Waals surface area contributed by atoms with Crippen molar-refractivity contribution in [2.75, 3.05) is 13.2 Å². The molecule has 0 saturated heterocycles. The Kier molecular flexibility index (Phi) is 5.01. The SMILES string of the molecule is N#Cc1ccccc1-c1ccc(CNC(=O)NCC2(CO)CC2)cc1. The van der Waals surface area contributed by atoms with Crippen LogP contribution in [0, 0.1) is 16.7 Å². The van der Waals surface area contributed by atoms with Gasteiger partial charge in [0.2, 0.25) is 0 Å². The molecule has 1 aliphatic rings. The zero-order valence-corrected chi connectivity index (χ0v) is 14.0. The van der Waals surface area contributed by atoms with Gasteiger partial charge >= 0.3 is 6.03 Å². The number of carbonyl (C=O) groups is 1. The molecule has 1 aliphatic carbocycles. The Hall–Kier alpha value is -2.84. The Bertz CT molecular complexity index is 789. The Labute approximate surface area is 147 Å². The first-order valence-electron chi connectivity index (χ1n) is 8.37. The first-order chi connectivity index (χ1) is 12.2. The van der Waals surface area contributed by atoms with Gasteiger partial charge in [-0.2, -0.15) is 5.26 Å². The molecule has 25 heavy (non-hydrogen) atoms. The van der Waals surface area contributed by atoms with E-state index in [-0.39, 0.29) is 18.1 Å². The van der Waals surface area contributed by atoms with E-state index in [2.05, 4.69) is 16.7 Å². The van der Waals surface area contributed by atoms with Gasteiger partial charge in [0.15, 0.2) is 0 Å². The van der Waals surface area contributed by atoms with E-state index in [0.717, 1.165) is 29.5 Å². The molecule has 3 N–H and O–H groups in total. The quantitative estimate of drug-likeness (QED) is 0.759. The molecule has 0 aliphatic heterocycles. The van der Waals surface area contributed by atoms with Crippen molar-refractivity contribution in [1.29, 1.82) is 5.26 Å². The topological polar surface area (TPSA) is 85.2 Å². The van der Waals surface area contributed by atoms with Crippen LogP contribution in [0.2, 0.25) is 0 Å². The molecule has 5 heteroatoms. The molecular formula is C20H21N3O2. The van der Waals surface area contributed by atoms with Gasteiger partial charge in [-0.05, 0) is 35.6 Å². The van der Waals surface area contributed by atoms with Crippen LogP contribution in [0.25, 0.3) is 11.1 Å². The third-order valence-electron chi connectivity index (χ3n) is 4.68. The molecule has 128 valence electrons. The number of urea groups is 1. The predicted molar refractivity (Wildman–Crippen MR) is 95.6 cm³/mol. The molecule has 2 amide bonds. The molecule has 1 saturated carbocycles. The lowest BCUT2D eigenvalue weighted by molar-refractivity contribution is 0.203. The van der Waals surface area contributed by atoms with Crippen LogP contribution in [-0.4, -0.2) is 24.3 Å². The summed E-state index contributed by atoms with van der Waals surface area (Å²) in [6.07, 6.45) is 1.94. The summed E-state index contributed by atoms with van der Waals surface area (Å²) in [5, 5.41) is 24.1. The Morgan fingerprint density at radius 3 is 2.48 bits per heavy atom. The summed E-state index contributed by atoms with van der Waals surface area (Å²) in [6.45, 7) is 1.07. The van der Waals surface area contributed by atoms with Crippen LogP contribution < -0.4 is 10.6 Å². The van der Waals surface area contributed by atoms with Crippen molar-refractivity contribution < 1.29 is 9.90 Å². The maximum Gasteiger partial charge on any atom is 0.315 e. The molecule has 0 aromatic heterocycles. The zero-order chi connectivity index (χ0) is 17.7. The van der Waals surface area contributed by atoms with E-state index in [0.29, 0.717) is 18.7 Å². The molecule has 0 heterocycles. The van der Waals surface area contributed by atoms with E-state index in [1.807, 2.05) is 42.5 Å². The highest BCUT2D eigenvalue weighted by Gasteiger charge is 2.42. The van der Waals surface area contributed by atoms with E-state index in [4.69, 9.17) is 0 Å². The molecule has 0 atom stereocenters. The minimum Gasteiger partial charge on any atom is -0.396 e. The summed E-state index contributed by atoms with van der Waals surface area (Å²) in [4.78, 5) is 11.8. The summed E-state index contributed by atoms with van der Waals surface area (Å²) < 4.78 is 0. The number of rotatable bonds is 6. The number of hydrogen-bond acceptors (Lipinski definition) is 3. The van der Waals surface area contributed by atoms with Gasteiger partial charge in [0.05, 0.1) is 18.2 Å². The highest BCUT2D eigenvalue weighted by Crippen LogP contribution is 2.44. The van der Waals surface area contributed by atoms with Crippen LogP contribution in [0.1, 0.15) is 24.0 Å². The summed E-state index contributed by atoms with van der Waals surface area (Å²) in [7, 11) is 0. The number of nitrogens with zero attached hydrogens (tertiary/aromatic N) is 1.